The predicted octanol–water partition coefficient (Wildman–Crippen LogP) is 2.68. The molecule has 1 N–H and O–H groups in total. The van der Waals surface area contributed by atoms with Gasteiger partial charge in [0.1, 0.15) is 0 Å². The zero-order chi connectivity index (χ0) is 17.0. The van der Waals surface area contributed by atoms with Gasteiger partial charge in [-0.1, -0.05) is 34.1 Å². The van der Waals surface area contributed by atoms with Gasteiger partial charge in [-0.25, -0.2) is 0 Å². The Hall–Kier alpha value is -0.340. The molecule has 0 unspecified atom stereocenters. The fraction of sp³-hybridized carbons (Fsp3) is 0.333. The Bertz CT molecular complexity index is 532. The summed E-state index contributed by atoms with van der Waals surface area (Å²) >= 11 is 2.77. The van der Waals surface area contributed by atoms with Gasteiger partial charge in [-0.05, 0) is 25.3 Å². The number of halogens is 1. The van der Waals surface area contributed by atoms with Gasteiger partial charge in [0.15, 0.2) is 0 Å². The number of aliphatic hydroxyl groups is 1. The number of hydrogen-bond acceptors (Lipinski definition) is 1. The van der Waals surface area contributed by atoms with Gasteiger partial charge in [-0.2, -0.15) is 0 Å². The van der Waals surface area contributed by atoms with Crippen LogP contribution in [0.4, 0.5) is 0 Å². The summed E-state index contributed by atoms with van der Waals surface area (Å²) in [5.41, 5.74) is -4.34. The minimum atomic E-state index is -3.44. The molecule has 0 aromatic heterocycles. The van der Waals surface area contributed by atoms with Crippen LogP contribution in [0.5, 0.6) is 0 Å². The van der Waals surface area contributed by atoms with Crippen molar-refractivity contribution in [2.24, 2.45) is 0 Å². The Balaban J connectivity index is 3.96. The van der Waals surface area contributed by atoms with Crippen molar-refractivity contribution in [2.45, 2.75) is 19.3 Å². The normalized spacial score (nSPS) is 27.1. The lowest BCUT2D eigenvalue weighted by Crippen LogP contribution is -2.15. The molecule has 0 bridgehead atoms. The molecule has 0 aliphatic heterocycles. The Morgan fingerprint density at radius 1 is 1.55 bits per heavy atom. The van der Waals surface area contributed by atoms with Crippen molar-refractivity contribution in [3.8, 4) is 0 Å². The minimum Gasteiger partial charge on any atom is -0.386 e. The lowest BCUT2D eigenvalue weighted by Gasteiger charge is -2.18. The van der Waals surface area contributed by atoms with Crippen molar-refractivity contribution >= 4 is 15.9 Å². The third-order valence-corrected chi connectivity index (χ3v) is 1.60. The molecule has 1 nitrogen and oxygen atoms in total. The highest BCUT2D eigenvalue weighted by Crippen LogP contribution is 2.26. The molecular weight excluding hydrogens is 204 g/mol. The molecule has 0 aliphatic carbocycles. The van der Waals surface area contributed by atoms with Gasteiger partial charge >= 0.3 is 0 Å². The third kappa shape index (κ3) is 2.04. The molecule has 1 aromatic rings. The molecule has 0 heterocycles. The first-order valence-corrected chi connectivity index (χ1v) is 3.46. The summed E-state index contributed by atoms with van der Waals surface area (Å²) in [4.78, 5) is 0. The van der Waals surface area contributed by atoms with Crippen LogP contribution in [-0.4, -0.2) is 5.11 Å². The maximum absolute atomic E-state index is 10.4. The smallest absolute Gasteiger partial charge is 0.0851 e. The van der Waals surface area contributed by atoms with E-state index in [0.29, 0.717) is 0 Å². The van der Waals surface area contributed by atoms with Crippen LogP contribution in [0.15, 0.2) is 28.6 Å². The second-order valence-corrected chi connectivity index (χ2v) is 2.69. The monoisotopic (exact) mass is 224 g/mol. The van der Waals surface area contributed by atoms with Crippen molar-refractivity contribution in [3.05, 3.63) is 34.2 Å². The number of hydrogen-bond donors (Lipinski definition) is 1. The highest BCUT2D eigenvalue weighted by Gasteiger charge is 2.17. The predicted molar refractivity (Wildman–Crippen MR) is 49.4 cm³/mol. The molecule has 0 fully saturated rings. The van der Waals surface area contributed by atoms with E-state index in [2.05, 4.69) is 15.9 Å². The van der Waals surface area contributed by atoms with Gasteiger partial charge < -0.3 is 5.11 Å². The van der Waals surface area contributed by atoms with Gasteiger partial charge in [0.25, 0.3) is 0 Å². The minimum absolute atomic E-state index is 0.497. The first-order chi connectivity index (χ1) is 9.18. The molecule has 0 saturated heterocycles. The molecule has 1 aromatic carbocycles. The highest BCUT2D eigenvalue weighted by molar-refractivity contribution is 9.10. The summed E-state index contributed by atoms with van der Waals surface area (Å²) in [6, 6.07) is -3.09. The molecule has 0 spiro atoms. The quantitative estimate of drug-likeness (QED) is 0.779. The summed E-state index contributed by atoms with van der Waals surface area (Å²) < 4.78 is 73.7. The van der Waals surface area contributed by atoms with Crippen LogP contribution in [0.3, 0.4) is 0 Å². The molecule has 0 radical (unpaired) electrons. The van der Waals surface area contributed by atoms with E-state index in [-0.39, 0.29) is 0 Å². The summed E-state index contributed by atoms with van der Waals surface area (Å²) in [6.45, 7) is -6.86. The Labute approximate surface area is 89.2 Å². The summed E-state index contributed by atoms with van der Waals surface area (Å²) in [5, 5.41) is 10.4. The van der Waals surface area contributed by atoms with Crippen LogP contribution in [0.1, 0.15) is 33.0 Å². The maximum atomic E-state index is 10.4. The molecule has 11 heavy (non-hydrogen) atoms. The van der Waals surface area contributed by atoms with Crippen molar-refractivity contribution in [1.82, 2.24) is 0 Å². The summed E-state index contributed by atoms with van der Waals surface area (Å²) in [5.74, 6) is 0. The van der Waals surface area contributed by atoms with E-state index < -0.39 is 53.5 Å². The van der Waals surface area contributed by atoms with E-state index in [9.17, 15) is 5.11 Å². The SMILES string of the molecule is [2H]c1c([2H])c([2H])c(C(O)(C([2H])([2H])[2H])C([2H])([2H])[2H])c(Br)c1[2H]. The number of rotatable bonds is 1. The van der Waals surface area contributed by atoms with Crippen LogP contribution in [0, 0.1) is 0 Å². The molecule has 1 rings (SSSR count). The van der Waals surface area contributed by atoms with Gasteiger partial charge in [0.2, 0.25) is 0 Å². The zero-order valence-corrected chi connectivity index (χ0v) is 6.91. The topological polar surface area (TPSA) is 20.2 Å². The molecule has 0 amide bonds. The van der Waals surface area contributed by atoms with Crippen LogP contribution in [-0.2, 0) is 5.60 Å². The Kier molecular flexibility index (Phi) is 0.626. The zero-order valence-electron chi connectivity index (χ0n) is 15.3. The van der Waals surface area contributed by atoms with E-state index in [1.807, 2.05) is 0 Å². The summed E-state index contributed by atoms with van der Waals surface area (Å²) in [6.07, 6.45) is 0. The maximum Gasteiger partial charge on any atom is 0.0851 e. The van der Waals surface area contributed by atoms with Crippen molar-refractivity contribution in [2.75, 3.05) is 0 Å². The van der Waals surface area contributed by atoms with Crippen LogP contribution in [0.25, 0.3) is 0 Å². The molecular formula is C9H11BrO. The molecule has 0 saturated carbocycles. The first kappa shape index (κ1) is 2.33. The van der Waals surface area contributed by atoms with Crippen molar-refractivity contribution in [1.29, 1.82) is 0 Å². The Morgan fingerprint density at radius 2 is 2.18 bits per heavy atom. The lowest BCUT2D eigenvalue weighted by molar-refractivity contribution is 0.0778. The lowest BCUT2D eigenvalue weighted by atomic mass is 9.99. The first-order valence-electron chi connectivity index (χ1n) is 7.66. The molecule has 0 aliphatic rings. The third-order valence-electron chi connectivity index (χ3n) is 1.00. The highest BCUT2D eigenvalue weighted by atomic mass is 79.9. The van der Waals surface area contributed by atoms with Crippen molar-refractivity contribution < 1.29 is 18.8 Å². The Morgan fingerprint density at radius 3 is 2.82 bits per heavy atom. The van der Waals surface area contributed by atoms with E-state index in [1.54, 1.807) is 0 Å². The standard InChI is InChI=1S/C9H11BrO/c1-9(2,11)7-5-3-4-6-8(7)10/h3-6,11H,1-2H3/i1D3,2D3,3D,4D,5D,6D. The second kappa shape index (κ2) is 2.95. The molecule has 2 heteroatoms. The van der Waals surface area contributed by atoms with Gasteiger partial charge in [-0.3, -0.25) is 0 Å². The van der Waals surface area contributed by atoms with Gasteiger partial charge in [0, 0.05) is 12.7 Å². The molecule has 60 valence electrons. The van der Waals surface area contributed by atoms with Crippen LogP contribution < -0.4 is 0 Å². The second-order valence-electron chi connectivity index (χ2n) is 1.90. The number of benzene rings is 1. The van der Waals surface area contributed by atoms with E-state index in [0.717, 1.165) is 0 Å². The van der Waals surface area contributed by atoms with Crippen LogP contribution >= 0.6 is 15.9 Å². The van der Waals surface area contributed by atoms with Crippen LogP contribution in [0.2, 0.25) is 0 Å². The van der Waals surface area contributed by atoms with E-state index in [4.69, 9.17) is 13.7 Å². The fourth-order valence-corrected chi connectivity index (χ4v) is 1.03. The molecule has 0 atom stereocenters. The largest absolute Gasteiger partial charge is 0.386 e. The summed E-state index contributed by atoms with van der Waals surface area (Å²) in [7, 11) is 0. The van der Waals surface area contributed by atoms with E-state index in [1.165, 1.54) is 0 Å². The average Bonchev–Trinajstić information content (AvgIpc) is 2.31. The van der Waals surface area contributed by atoms with Crippen molar-refractivity contribution in [3.63, 3.8) is 0 Å². The van der Waals surface area contributed by atoms with E-state index >= 15 is 0 Å². The van der Waals surface area contributed by atoms with Gasteiger partial charge in [-0.15, -0.1) is 0 Å². The van der Waals surface area contributed by atoms with Gasteiger partial charge in [0.05, 0.1) is 11.1 Å². The average molecular weight is 225 g/mol. The fourth-order valence-electron chi connectivity index (χ4n) is 0.547.